The second-order valence-electron chi connectivity index (χ2n) is 6.06. The van der Waals surface area contributed by atoms with E-state index in [1.165, 1.54) is 0 Å². The summed E-state index contributed by atoms with van der Waals surface area (Å²) >= 11 is 12.8. The maximum atomic E-state index is 6.41. The zero-order valence-electron chi connectivity index (χ0n) is 14.0. The van der Waals surface area contributed by atoms with Crippen LogP contribution in [-0.4, -0.2) is 9.55 Å². The largest absolute Gasteiger partial charge is 0.319 e. The Morgan fingerprint density at radius 3 is 2.23 bits per heavy atom. The summed E-state index contributed by atoms with van der Waals surface area (Å²) in [5.41, 5.74) is 4.72. The number of hydrogen-bond donors (Lipinski definition) is 0. The third kappa shape index (κ3) is 3.03. The Morgan fingerprint density at radius 1 is 0.846 bits per heavy atom. The molecule has 4 aromatic rings. The Bertz CT molecular complexity index is 1080. The smallest absolute Gasteiger partial charge is 0.141 e. The van der Waals surface area contributed by atoms with E-state index in [2.05, 4.69) is 17.2 Å². The summed E-state index contributed by atoms with van der Waals surface area (Å²) in [4.78, 5) is 4.82. The molecule has 0 saturated heterocycles. The van der Waals surface area contributed by atoms with Gasteiger partial charge in [0.15, 0.2) is 0 Å². The van der Waals surface area contributed by atoms with Gasteiger partial charge in [-0.3, -0.25) is 0 Å². The van der Waals surface area contributed by atoms with Crippen molar-refractivity contribution in [3.8, 4) is 0 Å². The van der Waals surface area contributed by atoms with Crippen molar-refractivity contribution in [1.82, 2.24) is 9.55 Å². The Kier molecular flexibility index (Phi) is 4.54. The normalized spacial score (nSPS) is 11.0. The molecule has 0 radical (unpaired) electrons. The lowest BCUT2D eigenvalue weighted by molar-refractivity contribution is 0.810. The highest BCUT2D eigenvalue weighted by Crippen LogP contribution is 2.30. The summed E-state index contributed by atoms with van der Waals surface area (Å²) in [6.45, 7) is 4.82. The van der Waals surface area contributed by atoms with Crippen LogP contribution in [0.15, 0.2) is 79.4 Å². The summed E-state index contributed by atoms with van der Waals surface area (Å²) in [7, 11) is 0. The highest BCUT2D eigenvalue weighted by Gasteiger charge is 2.16. The molecule has 4 rings (SSSR count). The predicted octanol–water partition coefficient (Wildman–Crippen LogP) is 6.45. The van der Waals surface area contributed by atoms with E-state index in [1.54, 1.807) is 0 Å². The van der Waals surface area contributed by atoms with Crippen LogP contribution in [0.4, 0.5) is 0 Å². The van der Waals surface area contributed by atoms with E-state index in [1.807, 2.05) is 66.7 Å². The van der Waals surface area contributed by atoms with E-state index in [0.29, 0.717) is 16.6 Å². The van der Waals surface area contributed by atoms with Crippen molar-refractivity contribution in [3.63, 3.8) is 0 Å². The molecule has 0 N–H and O–H groups in total. The first-order valence-corrected chi connectivity index (χ1v) is 9.03. The molecular formula is C22H16Cl2N2. The fraction of sp³-hybridized carbons (Fsp3) is 0.0455. The number of benzene rings is 3. The number of aromatic nitrogens is 2. The first kappa shape index (κ1) is 16.9. The van der Waals surface area contributed by atoms with Crippen LogP contribution < -0.4 is 0 Å². The van der Waals surface area contributed by atoms with E-state index in [4.69, 9.17) is 28.2 Å². The highest BCUT2D eigenvalue weighted by atomic mass is 35.5. The second kappa shape index (κ2) is 6.99. The predicted molar refractivity (Wildman–Crippen MR) is 110 cm³/mol. The molecule has 0 aliphatic carbocycles. The first-order valence-electron chi connectivity index (χ1n) is 8.28. The highest BCUT2D eigenvalue weighted by molar-refractivity contribution is 6.36. The molecule has 0 unspecified atom stereocenters. The van der Waals surface area contributed by atoms with Crippen LogP contribution in [0, 0.1) is 0 Å². The minimum Gasteiger partial charge on any atom is -0.319 e. The Labute approximate surface area is 162 Å². The molecule has 3 aromatic carbocycles. The van der Waals surface area contributed by atoms with Crippen LogP contribution in [0.5, 0.6) is 0 Å². The van der Waals surface area contributed by atoms with Gasteiger partial charge in [-0.1, -0.05) is 78.3 Å². The summed E-state index contributed by atoms with van der Waals surface area (Å²) in [6.07, 6.45) is 0. The molecule has 0 amide bonds. The van der Waals surface area contributed by atoms with Gasteiger partial charge in [0.25, 0.3) is 0 Å². The Hall–Kier alpha value is -2.55. The van der Waals surface area contributed by atoms with Crippen molar-refractivity contribution in [2.24, 2.45) is 0 Å². The van der Waals surface area contributed by atoms with Gasteiger partial charge < -0.3 is 4.57 Å². The Balaban J connectivity index is 1.89. The van der Waals surface area contributed by atoms with Gasteiger partial charge in [-0.15, -0.1) is 0 Å². The zero-order chi connectivity index (χ0) is 18.1. The zero-order valence-corrected chi connectivity index (χ0v) is 15.5. The molecule has 1 aromatic heterocycles. The topological polar surface area (TPSA) is 17.8 Å². The number of nitrogens with zero attached hydrogens (tertiary/aromatic N) is 2. The van der Waals surface area contributed by atoms with Crippen LogP contribution in [-0.2, 0) is 6.54 Å². The quantitative estimate of drug-likeness (QED) is 0.398. The van der Waals surface area contributed by atoms with Gasteiger partial charge in [-0.2, -0.15) is 0 Å². The lowest BCUT2D eigenvalue weighted by Gasteiger charge is -2.13. The number of halogens is 2. The van der Waals surface area contributed by atoms with E-state index in [0.717, 1.165) is 33.6 Å². The summed E-state index contributed by atoms with van der Waals surface area (Å²) in [5, 5.41) is 1.29. The van der Waals surface area contributed by atoms with Crippen LogP contribution in [0.2, 0.25) is 10.0 Å². The molecule has 128 valence electrons. The lowest BCUT2D eigenvalue weighted by atomic mass is 10.1. The summed E-state index contributed by atoms with van der Waals surface area (Å²) < 4.78 is 2.12. The number of hydrogen-bond acceptors (Lipinski definition) is 1. The van der Waals surface area contributed by atoms with E-state index >= 15 is 0 Å². The van der Waals surface area contributed by atoms with Gasteiger partial charge >= 0.3 is 0 Å². The minimum atomic E-state index is 0.528. The lowest BCUT2D eigenvalue weighted by Crippen LogP contribution is -2.06. The average molecular weight is 379 g/mol. The van der Waals surface area contributed by atoms with Crippen LogP contribution in [0.25, 0.3) is 16.6 Å². The van der Waals surface area contributed by atoms with E-state index < -0.39 is 0 Å². The molecule has 0 aliphatic rings. The van der Waals surface area contributed by atoms with E-state index in [-0.39, 0.29) is 0 Å². The minimum absolute atomic E-state index is 0.528. The van der Waals surface area contributed by atoms with Crippen molar-refractivity contribution in [3.05, 3.63) is 106 Å². The van der Waals surface area contributed by atoms with Crippen molar-refractivity contribution in [2.45, 2.75) is 6.54 Å². The second-order valence-corrected chi connectivity index (χ2v) is 6.87. The summed E-state index contributed by atoms with van der Waals surface area (Å²) in [5.74, 6) is 0.813. The van der Waals surface area contributed by atoms with Crippen molar-refractivity contribution in [2.75, 3.05) is 0 Å². The maximum absolute atomic E-state index is 6.41. The third-order valence-electron chi connectivity index (χ3n) is 4.42. The molecule has 0 spiro atoms. The molecule has 2 nitrogen and oxygen atoms in total. The molecule has 4 heteroatoms. The van der Waals surface area contributed by atoms with Crippen molar-refractivity contribution < 1.29 is 0 Å². The van der Waals surface area contributed by atoms with Crippen LogP contribution in [0.1, 0.15) is 17.0 Å². The SMILES string of the molecule is C=C(c1ccccc1)c1nc2ccccc2n1Cc1c(Cl)cccc1Cl. The molecule has 0 bridgehead atoms. The monoisotopic (exact) mass is 378 g/mol. The fourth-order valence-electron chi connectivity index (χ4n) is 3.08. The van der Waals surface area contributed by atoms with Crippen LogP contribution >= 0.6 is 23.2 Å². The average Bonchev–Trinajstić information content (AvgIpc) is 3.03. The molecule has 0 saturated carbocycles. The van der Waals surface area contributed by atoms with Gasteiger partial charge in [0.1, 0.15) is 5.82 Å². The van der Waals surface area contributed by atoms with Gasteiger partial charge in [-0.25, -0.2) is 4.98 Å². The summed E-state index contributed by atoms with van der Waals surface area (Å²) in [6, 6.07) is 23.7. The molecule has 1 heterocycles. The molecule has 0 atom stereocenters. The van der Waals surface area contributed by atoms with E-state index in [9.17, 15) is 0 Å². The number of para-hydroxylation sites is 2. The Morgan fingerprint density at radius 2 is 1.50 bits per heavy atom. The standard InChI is InChI=1S/C22H16Cl2N2/c1-15(16-8-3-2-4-9-16)22-25-20-12-5-6-13-21(20)26(22)14-17-18(23)10-7-11-19(17)24/h2-13H,1,14H2. The first-order chi connectivity index (χ1) is 12.6. The fourth-order valence-corrected chi connectivity index (χ4v) is 3.59. The van der Waals surface area contributed by atoms with Gasteiger partial charge in [0, 0.05) is 21.2 Å². The number of fused-ring (bicyclic) bond motifs is 1. The van der Waals surface area contributed by atoms with Gasteiger partial charge in [0.2, 0.25) is 0 Å². The third-order valence-corrected chi connectivity index (χ3v) is 5.13. The molecule has 0 fully saturated rings. The van der Waals surface area contributed by atoms with Crippen molar-refractivity contribution >= 4 is 39.8 Å². The maximum Gasteiger partial charge on any atom is 0.141 e. The number of imidazole rings is 1. The molecular weight excluding hydrogens is 363 g/mol. The number of rotatable bonds is 4. The van der Waals surface area contributed by atoms with Gasteiger partial charge in [-0.05, 0) is 29.8 Å². The molecule has 26 heavy (non-hydrogen) atoms. The van der Waals surface area contributed by atoms with Crippen molar-refractivity contribution in [1.29, 1.82) is 0 Å². The molecule has 0 aliphatic heterocycles. The van der Waals surface area contributed by atoms with Crippen LogP contribution in [0.3, 0.4) is 0 Å². The van der Waals surface area contributed by atoms with Gasteiger partial charge in [0.05, 0.1) is 17.6 Å².